The quantitative estimate of drug-likeness (QED) is 0.157. The summed E-state index contributed by atoms with van der Waals surface area (Å²) in [6.07, 6.45) is 0. The van der Waals surface area contributed by atoms with Crippen LogP contribution < -0.4 is 26.2 Å². The summed E-state index contributed by atoms with van der Waals surface area (Å²) >= 11 is 1.91. The summed E-state index contributed by atoms with van der Waals surface area (Å²) in [4.78, 5) is 7.51. The van der Waals surface area contributed by atoms with Crippen LogP contribution in [0, 0.1) is 0 Å². The van der Waals surface area contributed by atoms with E-state index in [4.69, 9.17) is 0 Å². The molecule has 3 aliphatic rings. The third-order valence-electron chi connectivity index (χ3n) is 12.6. The molecule has 0 amide bonds. The Labute approximate surface area is 343 Å². The zero-order valence-electron chi connectivity index (χ0n) is 32.3. The average molecular weight is 760 g/mol. The fourth-order valence-electron chi connectivity index (χ4n) is 10.2. The molecule has 0 spiro atoms. The molecule has 5 heteroatoms. The van der Waals surface area contributed by atoms with Crippen molar-refractivity contribution in [2.45, 2.75) is 29.1 Å². The van der Waals surface area contributed by atoms with Gasteiger partial charge < -0.3 is 14.4 Å². The predicted molar refractivity (Wildman–Crippen MR) is 245 cm³/mol. The second-order valence-corrected chi connectivity index (χ2v) is 17.2. The number of fused-ring (bicyclic) bond motifs is 9. The number of rotatable bonds is 6. The molecule has 0 atom stereocenters. The highest BCUT2D eigenvalue weighted by Crippen LogP contribution is 2.57. The van der Waals surface area contributed by atoms with Crippen molar-refractivity contribution in [2.24, 2.45) is 0 Å². The second-order valence-electron chi connectivity index (χ2n) is 16.1. The zero-order valence-corrected chi connectivity index (χ0v) is 33.1. The normalized spacial score (nSPS) is 13.7. The molecule has 3 nitrogen and oxygen atoms in total. The molecule has 12 rings (SSSR count). The lowest BCUT2D eigenvalue weighted by Gasteiger charge is -2.36. The van der Waals surface area contributed by atoms with Crippen LogP contribution in [0.2, 0.25) is 0 Å². The molecule has 0 bridgehead atoms. The van der Waals surface area contributed by atoms with Crippen LogP contribution in [0.25, 0.3) is 27.8 Å². The van der Waals surface area contributed by atoms with E-state index in [9.17, 15) is 0 Å². The fourth-order valence-corrected chi connectivity index (χ4v) is 11.4. The van der Waals surface area contributed by atoms with Gasteiger partial charge in [-0.2, -0.15) is 0 Å². The number of nitrogens with zero attached hydrogens (tertiary/aromatic N) is 3. The van der Waals surface area contributed by atoms with Gasteiger partial charge in [-0.05, 0) is 94.8 Å². The Kier molecular flexibility index (Phi) is 7.30. The van der Waals surface area contributed by atoms with Gasteiger partial charge in [-0.1, -0.05) is 152 Å². The Morgan fingerprint density at radius 1 is 0.500 bits per heavy atom. The number of hydrogen-bond acceptors (Lipinski definition) is 3. The molecule has 0 unspecified atom stereocenters. The van der Waals surface area contributed by atoms with E-state index in [1.54, 1.807) is 0 Å². The molecule has 58 heavy (non-hydrogen) atoms. The van der Waals surface area contributed by atoms with E-state index in [2.05, 4.69) is 222 Å². The molecule has 0 N–H and O–H groups in total. The van der Waals surface area contributed by atoms with Crippen LogP contribution in [0.3, 0.4) is 0 Å². The van der Waals surface area contributed by atoms with E-state index in [1.165, 1.54) is 70.8 Å². The molecule has 9 aromatic rings. The van der Waals surface area contributed by atoms with Gasteiger partial charge in [0.1, 0.15) is 0 Å². The highest BCUT2D eigenvalue weighted by Gasteiger charge is 2.47. The Balaban J connectivity index is 1.25. The summed E-state index contributed by atoms with van der Waals surface area (Å²) in [5.74, 6) is 0. The first-order valence-corrected chi connectivity index (χ1v) is 21.0. The van der Waals surface area contributed by atoms with Crippen LogP contribution >= 0.6 is 11.8 Å². The van der Waals surface area contributed by atoms with Crippen molar-refractivity contribution >= 4 is 79.9 Å². The topological polar surface area (TPSA) is 11.4 Å². The van der Waals surface area contributed by atoms with E-state index in [1.807, 2.05) is 11.8 Å². The van der Waals surface area contributed by atoms with Gasteiger partial charge in [0.05, 0.1) is 16.9 Å². The fraction of sp³-hybridized carbons (Fsp3) is 0.0566. The lowest BCUT2D eigenvalue weighted by atomic mass is 9.35. The molecule has 0 fully saturated rings. The molecule has 2 aliphatic heterocycles. The monoisotopic (exact) mass is 759 g/mol. The van der Waals surface area contributed by atoms with Crippen molar-refractivity contribution in [3.05, 3.63) is 205 Å². The average Bonchev–Trinajstić information content (AvgIpc) is 3.76. The maximum absolute atomic E-state index is 2.67. The van der Waals surface area contributed by atoms with Crippen LogP contribution in [0.1, 0.15) is 25.0 Å². The number of aromatic nitrogens is 1. The molecule has 274 valence electrons. The minimum Gasteiger partial charge on any atom is -0.310 e. The molecule has 3 heterocycles. The van der Waals surface area contributed by atoms with Crippen molar-refractivity contribution in [1.29, 1.82) is 0 Å². The minimum absolute atomic E-state index is 0.0812. The van der Waals surface area contributed by atoms with E-state index in [0.717, 1.165) is 28.4 Å². The van der Waals surface area contributed by atoms with Gasteiger partial charge in [-0.3, -0.25) is 0 Å². The summed E-state index contributed by atoms with van der Waals surface area (Å²) in [5.41, 5.74) is 18.7. The summed E-state index contributed by atoms with van der Waals surface area (Å²) in [5, 5.41) is 1.32. The first kappa shape index (κ1) is 33.5. The molecule has 0 saturated heterocycles. The number of anilines is 6. The van der Waals surface area contributed by atoms with Crippen LogP contribution in [0.15, 0.2) is 204 Å². The zero-order chi connectivity index (χ0) is 38.5. The number of hydrogen-bond donors (Lipinski definition) is 0. The van der Waals surface area contributed by atoms with Gasteiger partial charge in [0.2, 0.25) is 6.71 Å². The lowest BCUT2D eigenvalue weighted by molar-refractivity contribution is 0.666. The Hall–Kier alpha value is -6.69. The summed E-state index contributed by atoms with van der Waals surface area (Å²) in [6.45, 7) is 4.94. The Bertz CT molecular complexity index is 2990. The number of benzene rings is 8. The van der Waals surface area contributed by atoms with Crippen LogP contribution in [0.4, 0.5) is 34.1 Å². The lowest BCUT2D eigenvalue weighted by Crippen LogP contribution is -2.58. The van der Waals surface area contributed by atoms with Gasteiger partial charge in [0.25, 0.3) is 0 Å². The van der Waals surface area contributed by atoms with Crippen molar-refractivity contribution in [1.82, 2.24) is 4.57 Å². The third kappa shape index (κ3) is 4.71. The highest BCUT2D eigenvalue weighted by atomic mass is 32.2. The molecular weight excluding hydrogens is 721 g/mol. The summed E-state index contributed by atoms with van der Waals surface area (Å²) in [6, 6.07) is 71.4. The van der Waals surface area contributed by atoms with Gasteiger partial charge in [0, 0.05) is 60.3 Å². The van der Waals surface area contributed by atoms with E-state index < -0.39 is 0 Å². The van der Waals surface area contributed by atoms with Crippen molar-refractivity contribution in [3.8, 4) is 16.9 Å². The van der Waals surface area contributed by atoms with Crippen molar-refractivity contribution in [2.75, 3.05) is 9.80 Å². The van der Waals surface area contributed by atoms with Crippen molar-refractivity contribution in [3.63, 3.8) is 0 Å². The van der Waals surface area contributed by atoms with Crippen LogP contribution in [-0.2, 0) is 5.41 Å². The van der Waals surface area contributed by atoms with E-state index in [0.29, 0.717) is 0 Å². The molecule has 1 aromatic heterocycles. The van der Waals surface area contributed by atoms with Crippen LogP contribution in [0.5, 0.6) is 0 Å². The molecule has 8 aromatic carbocycles. The Morgan fingerprint density at radius 2 is 1.05 bits per heavy atom. The summed E-state index contributed by atoms with van der Waals surface area (Å²) in [7, 11) is 0. The first-order valence-electron chi connectivity index (χ1n) is 20.1. The maximum Gasteiger partial charge on any atom is 0.249 e. The van der Waals surface area contributed by atoms with Gasteiger partial charge in [0.15, 0.2) is 0 Å². The van der Waals surface area contributed by atoms with Crippen molar-refractivity contribution < 1.29 is 0 Å². The minimum atomic E-state index is -0.255. The second kappa shape index (κ2) is 12.7. The van der Waals surface area contributed by atoms with E-state index in [-0.39, 0.29) is 12.1 Å². The van der Waals surface area contributed by atoms with Gasteiger partial charge in [-0.25, -0.2) is 0 Å². The first-order chi connectivity index (χ1) is 28.6. The predicted octanol–water partition coefficient (Wildman–Crippen LogP) is 12.2. The summed E-state index contributed by atoms with van der Waals surface area (Å²) < 4.78 is 2.67. The van der Waals surface area contributed by atoms with Crippen LogP contribution in [-0.4, -0.2) is 11.3 Å². The SMILES string of the molecule is CC1(C)c2ccccc2-c2c1c1c(N(c3ccccc3)c3ccccc3)ccc3c1n2-c1cc(N(c2ccccc2)c2ccccc2)cc2c1B3c1ccccc1S2. The third-order valence-corrected chi connectivity index (χ3v) is 13.7. The molecule has 1 aliphatic carbocycles. The smallest absolute Gasteiger partial charge is 0.249 e. The maximum atomic E-state index is 2.67. The molecule has 0 saturated carbocycles. The van der Waals surface area contributed by atoms with Gasteiger partial charge in [-0.15, -0.1) is 0 Å². The standard InChI is InChI=1S/C53H38BN3S/c1-53(2)41-28-16-15-27-40(41)51-49(53)48-44(56(37-23-11-5-12-24-37)38-25-13-6-14-26-38)32-31-43-52(48)57(51)45-33-39(34-47-50(45)54(43)42-29-17-18-30-46(42)58-47)55(35-19-7-3-8-20-35)36-21-9-4-10-22-36/h3-34H,1-2H3. The Morgan fingerprint density at radius 3 is 1.69 bits per heavy atom. The number of para-hydroxylation sites is 4. The molecular formula is C53H38BN3S. The largest absolute Gasteiger partial charge is 0.310 e. The highest BCUT2D eigenvalue weighted by molar-refractivity contribution is 8.00. The molecule has 0 radical (unpaired) electrons. The van der Waals surface area contributed by atoms with Gasteiger partial charge >= 0.3 is 0 Å². The van der Waals surface area contributed by atoms with E-state index >= 15 is 0 Å².